The lowest BCUT2D eigenvalue weighted by atomic mass is 9.85. The van der Waals surface area contributed by atoms with E-state index in [1.54, 1.807) is 18.0 Å². The fraction of sp³-hybridized carbons (Fsp3) is 0.323. The molecule has 2 heterocycles. The number of amides is 1. The Labute approximate surface area is 234 Å². The Hall–Kier alpha value is -4.21. The summed E-state index contributed by atoms with van der Waals surface area (Å²) in [5.41, 5.74) is 4.75. The molecule has 9 nitrogen and oxygen atoms in total. The maximum Gasteiger partial charge on any atom is 0.335 e. The van der Waals surface area contributed by atoms with Crippen LogP contribution in [0.1, 0.15) is 12.5 Å². The number of allylic oxidation sites excluding steroid dienone is 2. The van der Waals surface area contributed by atoms with Crippen molar-refractivity contribution in [2.24, 2.45) is 5.92 Å². The molecule has 9 heteroatoms. The zero-order valence-electron chi connectivity index (χ0n) is 23.1. The summed E-state index contributed by atoms with van der Waals surface area (Å²) >= 11 is 0. The van der Waals surface area contributed by atoms with Gasteiger partial charge in [-0.25, -0.2) is 4.79 Å². The number of carbonyl (C=O) groups excluding carboxylic acids is 2. The minimum Gasteiger partial charge on any atom is -0.478 e. The van der Waals surface area contributed by atoms with Crippen molar-refractivity contribution in [1.29, 1.82) is 0 Å². The number of rotatable bonds is 7. The van der Waals surface area contributed by atoms with Crippen LogP contribution in [-0.2, 0) is 14.4 Å². The molecule has 2 aliphatic heterocycles. The minimum atomic E-state index is -1.13. The SMILES string of the molecule is CC1NC2=CC(C(=O)O)=CC(=O)C2/C1=C(/Nc1ccc(N(C)C(=O)CN2CCN(C)CC2)cc1)c1ccccc1. The normalized spacial score (nSPS) is 22.5. The fourth-order valence-corrected chi connectivity index (χ4v) is 5.47. The molecule has 5 rings (SSSR count). The average molecular weight is 542 g/mol. The van der Waals surface area contributed by atoms with Crippen molar-refractivity contribution >= 4 is 34.7 Å². The van der Waals surface area contributed by atoms with E-state index >= 15 is 0 Å². The van der Waals surface area contributed by atoms with E-state index in [2.05, 4.69) is 27.5 Å². The van der Waals surface area contributed by atoms with Crippen molar-refractivity contribution < 1.29 is 19.5 Å². The zero-order chi connectivity index (χ0) is 28.4. The number of hydrogen-bond acceptors (Lipinski definition) is 7. The van der Waals surface area contributed by atoms with Gasteiger partial charge in [0.25, 0.3) is 0 Å². The van der Waals surface area contributed by atoms with Crippen molar-refractivity contribution in [2.45, 2.75) is 13.0 Å². The molecule has 1 amide bonds. The van der Waals surface area contributed by atoms with E-state index in [-0.39, 0.29) is 23.3 Å². The molecule has 0 bridgehead atoms. The van der Waals surface area contributed by atoms with Crippen LogP contribution in [-0.4, -0.2) is 85.4 Å². The van der Waals surface area contributed by atoms with E-state index in [0.29, 0.717) is 12.2 Å². The molecular weight excluding hydrogens is 506 g/mol. The molecular formula is C31H35N5O4. The molecule has 2 fully saturated rings. The second-order valence-corrected chi connectivity index (χ2v) is 10.6. The number of ketones is 1. The number of carboxylic acids is 1. The first-order valence-electron chi connectivity index (χ1n) is 13.5. The number of benzene rings is 2. The molecule has 2 aromatic rings. The van der Waals surface area contributed by atoms with Crippen LogP contribution in [0.15, 0.2) is 83.6 Å². The van der Waals surface area contributed by atoms with Crippen molar-refractivity contribution in [3.63, 3.8) is 0 Å². The number of aliphatic carboxylic acids is 1. The van der Waals surface area contributed by atoms with Gasteiger partial charge in [-0.1, -0.05) is 30.3 Å². The Morgan fingerprint density at radius 3 is 2.35 bits per heavy atom. The molecule has 40 heavy (non-hydrogen) atoms. The summed E-state index contributed by atoms with van der Waals surface area (Å²) in [6, 6.07) is 17.3. The highest BCUT2D eigenvalue weighted by atomic mass is 16.4. The number of anilines is 2. The molecule has 0 aromatic heterocycles. The van der Waals surface area contributed by atoms with Crippen LogP contribution in [0.3, 0.4) is 0 Å². The van der Waals surface area contributed by atoms with Gasteiger partial charge in [-0.05, 0) is 61.5 Å². The first-order chi connectivity index (χ1) is 19.2. The van der Waals surface area contributed by atoms with Crippen molar-refractivity contribution in [3.05, 3.63) is 89.2 Å². The molecule has 3 N–H and O–H groups in total. The van der Waals surface area contributed by atoms with Crippen molar-refractivity contribution in [1.82, 2.24) is 15.1 Å². The topological polar surface area (TPSA) is 105 Å². The van der Waals surface area contributed by atoms with Gasteiger partial charge in [-0.3, -0.25) is 14.5 Å². The molecule has 0 saturated carbocycles. The monoisotopic (exact) mass is 541 g/mol. The van der Waals surface area contributed by atoms with Crippen LogP contribution in [0.5, 0.6) is 0 Å². The maximum atomic E-state index is 13.2. The van der Waals surface area contributed by atoms with Crippen LogP contribution in [0.4, 0.5) is 11.4 Å². The summed E-state index contributed by atoms with van der Waals surface area (Å²) in [5, 5.41) is 16.3. The van der Waals surface area contributed by atoms with Gasteiger partial charge in [0.05, 0.1) is 18.0 Å². The number of piperazine rings is 1. The van der Waals surface area contributed by atoms with E-state index in [4.69, 9.17) is 0 Å². The summed E-state index contributed by atoms with van der Waals surface area (Å²) in [7, 11) is 3.89. The summed E-state index contributed by atoms with van der Waals surface area (Å²) in [4.78, 5) is 43.8. The van der Waals surface area contributed by atoms with Gasteiger partial charge in [0.2, 0.25) is 5.91 Å². The lowest BCUT2D eigenvalue weighted by Crippen LogP contribution is -2.48. The highest BCUT2D eigenvalue weighted by molar-refractivity contribution is 6.07. The second kappa shape index (κ2) is 11.5. The largest absolute Gasteiger partial charge is 0.478 e. The Morgan fingerprint density at radius 1 is 1.02 bits per heavy atom. The molecule has 2 saturated heterocycles. The standard InChI is InChI=1S/C31H35N5O4/c1-20-28(29-25(32-20)17-22(31(39)40)18-26(29)37)30(21-7-5-4-6-8-21)33-23-9-11-24(12-10-23)35(3)27(38)19-36-15-13-34(2)14-16-36/h4-12,17-18,20,29,32-33H,13-16,19H2,1-3H3,(H,39,40)/b30-28+. The molecule has 3 aliphatic rings. The number of nitrogens with zero attached hydrogens (tertiary/aromatic N) is 3. The van der Waals surface area contributed by atoms with Crippen molar-refractivity contribution in [3.8, 4) is 0 Å². The van der Waals surface area contributed by atoms with Gasteiger partial charge in [-0.2, -0.15) is 0 Å². The lowest BCUT2D eigenvalue weighted by molar-refractivity contribution is -0.132. The Morgan fingerprint density at radius 2 is 1.70 bits per heavy atom. The van der Waals surface area contributed by atoms with E-state index in [1.807, 2.05) is 61.5 Å². The highest BCUT2D eigenvalue weighted by Crippen LogP contribution is 2.39. The van der Waals surface area contributed by atoms with Gasteiger partial charge in [0, 0.05) is 62.0 Å². The second-order valence-electron chi connectivity index (χ2n) is 10.6. The van der Waals surface area contributed by atoms with Gasteiger partial charge < -0.3 is 25.5 Å². The van der Waals surface area contributed by atoms with Crippen LogP contribution < -0.4 is 15.5 Å². The number of fused-ring (bicyclic) bond motifs is 1. The maximum absolute atomic E-state index is 13.2. The van der Waals surface area contributed by atoms with E-state index < -0.39 is 11.9 Å². The van der Waals surface area contributed by atoms with E-state index in [0.717, 1.165) is 54.4 Å². The average Bonchev–Trinajstić information content (AvgIpc) is 3.29. The number of carboxylic acid groups (broad SMARTS) is 1. The summed E-state index contributed by atoms with van der Waals surface area (Å²) in [6.45, 7) is 6.06. The van der Waals surface area contributed by atoms with E-state index in [9.17, 15) is 19.5 Å². The predicted octanol–water partition coefficient (Wildman–Crippen LogP) is 2.81. The smallest absolute Gasteiger partial charge is 0.335 e. The Balaban J connectivity index is 1.39. The first kappa shape index (κ1) is 27.4. The molecule has 2 aromatic carbocycles. The van der Waals surface area contributed by atoms with Crippen LogP contribution in [0.2, 0.25) is 0 Å². The number of hydrogen-bond donors (Lipinski definition) is 3. The molecule has 0 radical (unpaired) electrons. The van der Waals surface area contributed by atoms with Crippen LogP contribution in [0.25, 0.3) is 5.70 Å². The highest BCUT2D eigenvalue weighted by Gasteiger charge is 2.41. The number of likely N-dealkylation sites (N-methyl/N-ethyl adjacent to an activating group) is 2. The zero-order valence-corrected chi connectivity index (χ0v) is 23.1. The first-order valence-corrected chi connectivity index (χ1v) is 13.5. The van der Waals surface area contributed by atoms with Crippen molar-refractivity contribution in [2.75, 3.05) is 57.0 Å². The summed E-state index contributed by atoms with van der Waals surface area (Å²) in [5.74, 6) is -1.92. The molecule has 208 valence electrons. The quantitative estimate of drug-likeness (QED) is 0.492. The number of carbonyl (C=O) groups is 3. The van der Waals surface area contributed by atoms with Crippen LogP contribution >= 0.6 is 0 Å². The predicted molar refractivity (Wildman–Crippen MR) is 156 cm³/mol. The number of nitrogens with one attached hydrogen (secondary N) is 2. The van der Waals surface area contributed by atoms with E-state index in [1.165, 1.54) is 6.08 Å². The molecule has 0 spiro atoms. The van der Waals surface area contributed by atoms with Gasteiger partial charge in [-0.15, -0.1) is 0 Å². The lowest BCUT2D eigenvalue weighted by Gasteiger charge is -2.32. The Kier molecular flexibility index (Phi) is 7.86. The minimum absolute atomic E-state index is 0.0201. The fourth-order valence-electron chi connectivity index (χ4n) is 5.47. The third kappa shape index (κ3) is 5.71. The van der Waals surface area contributed by atoms with Gasteiger partial charge >= 0.3 is 5.97 Å². The van der Waals surface area contributed by atoms with Gasteiger partial charge in [0.1, 0.15) is 0 Å². The van der Waals surface area contributed by atoms with Gasteiger partial charge in [0.15, 0.2) is 5.78 Å². The molecule has 1 aliphatic carbocycles. The summed E-state index contributed by atoms with van der Waals surface area (Å²) < 4.78 is 0. The molecule has 2 atom stereocenters. The molecule has 2 unspecified atom stereocenters. The third-order valence-corrected chi connectivity index (χ3v) is 7.82. The summed E-state index contributed by atoms with van der Waals surface area (Å²) in [6.07, 6.45) is 2.76. The third-order valence-electron chi connectivity index (χ3n) is 7.82. The van der Waals surface area contributed by atoms with Crippen LogP contribution in [0, 0.1) is 5.92 Å². The Bertz CT molecular complexity index is 1390.